The molecule has 0 aliphatic carbocycles. The number of aromatic amines is 1. The maximum Gasteiger partial charge on any atom is 0.158 e. The Morgan fingerprint density at radius 2 is 2.14 bits per heavy atom. The van der Waals surface area contributed by atoms with Crippen LogP contribution in [-0.2, 0) is 7.05 Å². The van der Waals surface area contributed by atoms with Crippen molar-refractivity contribution in [2.45, 2.75) is 0 Å². The van der Waals surface area contributed by atoms with E-state index in [1.54, 1.807) is 42.1 Å². The Morgan fingerprint density at radius 3 is 2.81 bits per heavy atom. The smallest absolute Gasteiger partial charge is 0.158 e. The first-order chi connectivity index (χ1) is 10.1. The maximum absolute atomic E-state index is 9.97. The van der Waals surface area contributed by atoms with Gasteiger partial charge in [-0.2, -0.15) is 5.10 Å². The van der Waals surface area contributed by atoms with Crippen LogP contribution in [0.2, 0.25) is 5.15 Å². The van der Waals surface area contributed by atoms with E-state index in [0.717, 1.165) is 0 Å². The second-order valence-corrected chi connectivity index (χ2v) is 4.90. The van der Waals surface area contributed by atoms with Gasteiger partial charge in [0.15, 0.2) is 5.82 Å². The van der Waals surface area contributed by atoms with Gasteiger partial charge in [-0.25, -0.2) is 4.98 Å². The number of imidazole rings is 1. The second-order valence-electron chi connectivity index (χ2n) is 4.51. The van der Waals surface area contributed by atoms with Crippen LogP contribution in [0, 0.1) is 0 Å². The highest BCUT2D eigenvalue weighted by Gasteiger charge is 2.14. The standard InChI is InChI=1S/C14H13ClN4O2/c1-19-13(15)7-16-14(19)11-6-10(17-18-11)9-5-8(21-2)3-4-12(9)20/h3-7,20H,1-2H3,(H,17,18). The van der Waals surface area contributed by atoms with Gasteiger partial charge < -0.3 is 14.4 Å². The van der Waals surface area contributed by atoms with Crippen LogP contribution in [0.3, 0.4) is 0 Å². The molecule has 2 N–H and O–H groups in total. The molecular formula is C14H13ClN4O2. The Kier molecular flexibility index (Phi) is 3.31. The number of hydrogen-bond acceptors (Lipinski definition) is 4. The van der Waals surface area contributed by atoms with Gasteiger partial charge in [-0.15, -0.1) is 0 Å². The van der Waals surface area contributed by atoms with Gasteiger partial charge >= 0.3 is 0 Å². The summed E-state index contributed by atoms with van der Waals surface area (Å²) in [6, 6.07) is 6.78. The van der Waals surface area contributed by atoms with Crippen molar-refractivity contribution in [2.75, 3.05) is 7.11 Å². The zero-order valence-electron chi connectivity index (χ0n) is 11.5. The van der Waals surface area contributed by atoms with E-state index in [2.05, 4.69) is 15.2 Å². The first-order valence-corrected chi connectivity index (χ1v) is 6.58. The van der Waals surface area contributed by atoms with Crippen molar-refractivity contribution in [1.29, 1.82) is 0 Å². The molecule has 0 unspecified atom stereocenters. The first kappa shape index (κ1) is 13.5. The zero-order valence-corrected chi connectivity index (χ0v) is 12.2. The molecule has 3 aromatic rings. The van der Waals surface area contributed by atoms with E-state index in [1.165, 1.54) is 0 Å². The summed E-state index contributed by atoms with van der Waals surface area (Å²) < 4.78 is 6.90. The van der Waals surface area contributed by atoms with Crippen LogP contribution < -0.4 is 4.74 Å². The van der Waals surface area contributed by atoms with Crippen LogP contribution in [0.15, 0.2) is 30.5 Å². The van der Waals surface area contributed by atoms with Gasteiger partial charge in [0.2, 0.25) is 0 Å². The minimum Gasteiger partial charge on any atom is -0.507 e. The molecule has 0 aliphatic heterocycles. The van der Waals surface area contributed by atoms with E-state index < -0.39 is 0 Å². The fraction of sp³-hybridized carbons (Fsp3) is 0.143. The number of nitrogens with zero attached hydrogens (tertiary/aromatic N) is 3. The number of halogens is 1. The lowest BCUT2D eigenvalue weighted by atomic mass is 10.1. The normalized spacial score (nSPS) is 10.8. The Hall–Kier alpha value is -2.47. The summed E-state index contributed by atoms with van der Waals surface area (Å²) in [5.74, 6) is 1.44. The van der Waals surface area contributed by atoms with Gasteiger partial charge in [0.1, 0.15) is 22.3 Å². The molecule has 0 aliphatic rings. The highest BCUT2D eigenvalue weighted by atomic mass is 35.5. The van der Waals surface area contributed by atoms with Crippen molar-refractivity contribution in [2.24, 2.45) is 7.05 Å². The van der Waals surface area contributed by atoms with Gasteiger partial charge in [0.05, 0.1) is 19.0 Å². The number of phenolic OH excluding ortho intramolecular Hbond substituents is 1. The Balaban J connectivity index is 2.04. The maximum atomic E-state index is 9.97. The van der Waals surface area contributed by atoms with Crippen molar-refractivity contribution in [1.82, 2.24) is 19.7 Å². The van der Waals surface area contributed by atoms with E-state index in [-0.39, 0.29) is 5.75 Å². The lowest BCUT2D eigenvalue weighted by Gasteiger charge is -2.04. The summed E-state index contributed by atoms with van der Waals surface area (Å²) in [5.41, 5.74) is 1.89. The molecule has 7 heteroatoms. The Bertz CT molecular complexity index is 794. The Morgan fingerprint density at radius 1 is 1.33 bits per heavy atom. The number of methoxy groups -OCH3 is 1. The van der Waals surface area contributed by atoms with E-state index in [1.807, 2.05) is 7.05 Å². The van der Waals surface area contributed by atoms with E-state index in [0.29, 0.717) is 33.7 Å². The van der Waals surface area contributed by atoms with Crippen LogP contribution in [-0.4, -0.2) is 32.0 Å². The highest BCUT2D eigenvalue weighted by Crippen LogP contribution is 2.33. The monoisotopic (exact) mass is 304 g/mol. The SMILES string of the molecule is COc1ccc(O)c(-c2cc(-c3ncc(Cl)n3C)[nH]n2)c1. The van der Waals surface area contributed by atoms with Crippen LogP contribution >= 0.6 is 11.6 Å². The second kappa shape index (κ2) is 5.14. The number of aromatic nitrogens is 4. The van der Waals surface area contributed by atoms with Crippen molar-refractivity contribution in [3.8, 4) is 34.3 Å². The van der Waals surface area contributed by atoms with Crippen molar-refractivity contribution < 1.29 is 9.84 Å². The summed E-state index contributed by atoms with van der Waals surface area (Å²) in [6.07, 6.45) is 1.57. The molecule has 6 nitrogen and oxygen atoms in total. The van der Waals surface area contributed by atoms with E-state index in [9.17, 15) is 5.11 Å². The van der Waals surface area contributed by atoms with Gasteiger partial charge in [0.25, 0.3) is 0 Å². The van der Waals surface area contributed by atoms with Crippen LogP contribution in [0.1, 0.15) is 0 Å². The summed E-state index contributed by atoms with van der Waals surface area (Å²) in [5, 5.41) is 17.6. The number of benzene rings is 1. The van der Waals surface area contributed by atoms with Crippen molar-refractivity contribution >= 4 is 11.6 Å². The molecule has 0 amide bonds. The van der Waals surface area contributed by atoms with Gasteiger partial charge in [-0.05, 0) is 24.3 Å². The minimum absolute atomic E-state index is 0.131. The molecule has 3 rings (SSSR count). The fourth-order valence-electron chi connectivity index (χ4n) is 2.06. The molecule has 21 heavy (non-hydrogen) atoms. The van der Waals surface area contributed by atoms with Crippen LogP contribution in [0.5, 0.6) is 11.5 Å². The predicted octanol–water partition coefficient (Wildman–Crippen LogP) is 2.84. The average molecular weight is 305 g/mol. The van der Waals surface area contributed by atoms with Crippen LogP contribution in [0.4, 0.5) is 0 Å². The zero-order chi connectivity index (χ0) is 15.0. The minimum atomic E-state index is 0.131. The topological polar surface area (TPSA) is 76.0 Å². The number of phenols is 1. The molecule has 0 spiro atoms. The summed E-state index contributed by atoms with van der Waals surface area (Å²) in [7, 11) is 3.39. The van der Waals surface area contributed by atoms with E-state index in [4.69, 9.17) is 16.3 Å². The molecule has 0 saturated heterocycles. The fourth-order valence-corrected chi connectivity index (χ4v) is 2.19. The van der Waals surface area contributed by atoms with Gasteiger partial charge in [-0.1, -0.05) is 11.6 Å². The first-order valence-electron chi connectivity index (χ1n) is 6.20. The molecule has 0 bridgehead atoms. The third-order valence-electron chi connectivity index (χ3n) is 3.23. The molecule has 108 valence electrons. The largest absolute Gasteiger partial charge is 0.507 e. The number of aromatic hydroxyl groups is 1. The summed E-state index contributed by atoms with van der Waals surface area (Å²) in [4.78, 5) is 4.22. The van der Waals surface area contributed by atoms with Gasteiger partial charge in [-0.3, -0.25) is 5.10 Å². The van der Waals surface area contributed by atoms with Crippen molar-refractivity contribution in [3.63, 3.8) is 0 Å². The van der Waals surface area contributed by atoms with E-state index >= 15 is 0 Å². The molecule has 0 atom stereocenters. The number of ether oxygens (including phenoxy) is 1. The Labute approximate surface area is 126 Å². The quantitative estimate of drug-likeness (QED) is 0.780. The molecular weight excluding hydrogens is 292 g/mol. The average Bonchev–Trinajstić information content (AvgIpc) is 3.08. The highest BCUT2D eigenvalue weighted by molar-refractivity contribution is 6.29. The lowest BCUT2D eigenvalue weighted by Crippen LogP contribution is -1.92. The number of nitrogens with one attached hydrogen (secondary N) is 1. The summed E-state index contributed by atoms with van der Waals surface area (Å²) in [6.45, 7) is 0. The molecule has 0 radical (unpaired) electrons. The number of rotatable bonds is 3. The van der Waals surface area contributed by atoms with Crippen molar-refractivity contribution in [3.05, 3.63) is 35.6 Å². The molecule has 2 aromatic heterocycles. The van der Waals surface area contributed by atoms with Crippen LogP contribution in [0.25, 0.3) is 22.8 Å². The number of H-pyrrole nitrogens is 1. The number of hydrogen-bond donors (Lipinski definition) is 2. The molecule has 2 heterocycles. The molecule has 1 aromatic carbocycles. The molecule has 0 saturated carbocycles. The van der Waals surface area contributed by atoms with Gasteiger partial charge in [0, 0.05) is 12.6 Å². The lowest BCUT2D eigenvalue weighted by molar-refractivity contribution is 0.412. The molecule has 0 fully saturated rings. The third-order valence-corrected chi connectivity index (χ3v) is 3.58. The predicted molar refractivity (Wildman–Crippen MR) is 79.5 cm³/mol. The summed E-state index contributed by atoms with van der Waals surface area (Å²) >= 11 is 5.98. The third kappa shape index (κ3) is 2.34.